The first-order chi connectivity index (χ1) is 5.56. The topological polar surface area (TPSA) is 89.9 Å². The molecule has 0 rings (SSSR count). The third-order valence-corrected chi connectivity index (χ3v) is 0.679. The van der Waals surface area contributed by atoms with Crippen molar-refractivity contribution >= 4 is 17.9 Å². The summed E-state index contributed by atoms with van der Waals surface area (Å²) in [6, 6.07) is 0. The van der Waals surface area contributed by atoms with E-state index in [0.29, 0.717) is 0 Å². The van der Waals surface area contributed by atoms with Gasteiger partial charge >= 0.3 is 17.9 Å². The summed E-state index contributed by atoms with van der Waals surface area (Å²) in [5, 5.41) is 8.04. The summed E-state index contributed by atoms with van der Waals surface area (Å²) < 4.78 is 0. The lowest BCUT2D eigenvalue weighted by molar-refractivity contribution is -0.254. The van der Waals surface area contributed by atoms with Gasteiger partial charge in [0, 0.05) is 6.08 Å². The summed E-state index contributed by atoms with van der Waals surface area (Å²) in [6.07, 6.45) is -0.0849. The van der Waals surface area contributed by atoms with E-state index in [9.17, 15) is 14.4 Å². The maximum Gasteiger partial charge on any atom is 0.378 e. The third-order valence-electron chi connectivity index (χ3n) is 0.679. The van der Waals surface area contributed by atoms with Gasteiger partial charge in [-0.15, -0.1) is 0 Å². The molecule has 0 aromatic heterocycles. The number of carboxylic acid groups (broad SMARTS) is 1. The maximum atomic E-state index is 10.4. The normalized spacial score (nSPS) is 8.33. The summed E-state index contributed by atoms with van der Waals surface area (Å²) in [5.41, 5.74) is 0. The van der Waals surface area contributed by atoms with Gasteiger partial charge in [-0.3, -0.25) is 4.79 Å². The molecule has 1 N–H and O–H groups in total. The Kier molecular flexibility index (Phi) is 4.13. The summed E-state index contributed by atoms with van der Waals surface area (Å²) in [6.45, 7) is 3.02. The molecule has 0 spiro atoms. The number of carbonyl (C=O) groups is 3. The third kappa shape index (κ3) is 4.98. The Hall–Kier alpha value is -1.85. The van der Waals surface area contributed by atoms with Gasteiger partial charge < -0.3 is 5.11 Å². The van der Waals surface area contributed by atoms with Crippen LogP contribution in [0.3, 0.4) is 0 Å². The van der Waals surface area contributed by atoms with E-state index in [2.05, 4.69) is 16.4 Å². The Morgan fingerprint density at radius 2 is 1.92 bits per heavy atom. The molecule has 0 saturated carbocycles. The molecule has 0 amide bonds. The van der Waals surface area contributed by atoms with Crippen molar-refractivity contribution in [2.24, 2.45) is 0 Å². The van der Waals surface area contributed by atoms with Crippen LogP contribution in [0.4, 0.5) is 0 Å². The van der Waals surface area contributed by atoms with Crippen LogP contribution in [0.25, 0.3) is 0 Å². The summed E-state index contributed by atoms with van der Waals surface area (Å²) in [7, 11) is 0. The van der Waals surface area contributed by atoms with E-state index < -0.39 is 24.3 Å². The molecule has 0 aliphatic rings. The van der Waals surface area contributed by atoms with Crippen molar-refractivity contribution in [3.05, 3.63) is 12.7 Å². The van der Waals surface area contributed by atoms with Crippen molar-refractivity contribution in [3.63, 3.8) is 0 Å². The molecule has 0 aliphatic carbocycles. The molecule has 12 heavy (non-hydrogen) atoms. The molecular weight excluding hydrogens is 168 g/mol. The van der Waals surface area contributed by atoms with Crippen molar-refractivity contribution in [1.29, 1.82) is 0 Å². The Morgan fingerprint density at radius 1 is 1.33 bits per heavy atom. The van der Waals surface area contributed by atoms with Gasteiger partial charge in [0.2, 0.25) is 0 Å². The molecule has 0 aliphatic heterocycles. The Labute approximate surface area is 67.3 Å². The van der Waals surface area contributed by atoms with Crippen molar-refractivity contribution in [3.8, 4) is 0 Å². The number of carbonyl (C=O) groups excluding carboxylic acids is 2. The first kappa shape index (κ1) is 10.2. The molecule has 0 radical (unpaired) electrons. The first-order valence-corrected chi connectivity index (χ1v) is 2.81. The Morgan fingerprint density at radius 3 is 2.33 bits per heavy atom. The maximum absolute atomic E-state index is 10.4. The van der Waals surface area contributed by atoms with Crippen molar-refractivity contribution in [2.75, 3.05) is 0 Å². The minimum atomic E-state index is -1.37. The Bertz CT molecular complexity index is 218. The lowest BCUT2D eigenvalue weighted by Crippen LogP contribution is -2.13. The Balaban J connectivity index is 3.64. The van der Waals surface area contributed by atoms with Gasteiger partial charge in [0.25, 0.3) is 0 Å². The van der Waals surface area contributed by atoms with Crippen LogP contribution >= 0.6 is 0 Å². The quantitative estimate of drug-likeness (QED) is 0.272. The summed E-state index contributed by atoms with van der Waals surface area (Å²) >= 11 is 0. The van der Waals surface area contributed by atoms with Crippen LogP contribution in [0.5, 0.6) is 0 Å². The smallest absolute Gasteiger partial charge is 0.378 e. The number of hydrogen-bond donors (Lipinski definition) is 1. The van der Waals surface area contributed by atoms with Gasteiger partial charge in [-0.25, -0.2) is 19.4 Å². The van der Waals surface area contributed by atoms with Gasteiger partial charge in [-0.2, -0.15) is 0 Å². The summed E-state index contributed by atoms with van der Waals surface area (Å²) in [4.78, 5) is 38.0. The second-order valence-corrected chi connectivity index (χ2v) is 1.63. The van der Waals surface area contributed by atoms with Crippen LogP contribution in [0.1, 0.15) is 6.42 Å². The van der Waals surface area contributed by atoms with E-state index in [1.807, 2.05) is 0 Å². The fraction of sp³-hybridized carbons (Fsp3) is 0.167. The van der Waals surface area contributed by atoms with Crippen LogP contribution in [0.2, 0.25) is 0 Å². The predicted molar refractivity (Wildman–Crippen MR) is 34.6 cm³/mol. The van der Waals surface area contributed by atoms with Crippen LogP contribution in [-0.2, 0) is 24.2 Å². The van der Waals surface area contributed by atoms with Gasteiger partial charge in [-0.05, 0) is 0 Å². The van der Waals surface area contributed by atoms with Crippen LogP contribution in [-0.4, -0.2) is 23.0 Å². The van der Waals surface area contributed by atoms with E-state index >= 15 is 0 Å². The molecular formula is C6H6O6. The van der Waals surface area contributed by atoms with Gasteiger partial charge in [0.05, 0.1) is 0 Å². The monoisotopic (exact) mass is 174 g/mol. The first-order valence-electron chi connectivity index (χ1n) is 2.81. The molecule has 0 atom stereocenters. The highest BCUT2D eigenvalue weighted by Crippen LogP contribution is 1.88. The average Bonchev–Trinajstić information content (AvgIpc) is 1.99. The van der Waals surface area contributed by atoms with Crippen molar-refractivity contribution in [2.45, 2.75) is 6.42 Å². The van der Waals surface area contributed by atoms with E-state index in [0.717, 1.165) is 6.08 Å². The molecule has 0 unspecified atom stereocenters. The highest BCUT2D eigenvalue weighted by molar-refractivity contribution is 5.90. The predicted octanol–water partition coefficient (Wildman–Crippen LogP) is -0.351. The van der Waals surface area contributed by atoms with E-state index in [4.69, 9.17) is 5.11 Å². The molecule has 0 fully saturated rings. The fourth-order valence-electron chi connectivity index (χ4n) is 0.274. The van der Waals surface area contributed by atoms with E-state index in [1.165, 1.54) is 0 Å². The van der Waals surface area contributed by atoms with Crippen LogP contribution in [0.15, 0.2) is 12.7 Å². The molecule has 0 bridgehead atoms. The highest BCUT2D eigenvalue weighted by atomic mass is 17.2. The highest BCUT2D eigenvalue weighted by Gasteiger charge is 2.11. The zero-order valence-electron chi connectivity index (χ0n) is 5.98. The van der Waals surface area contributed by atoms with Crippen molar-refractivity contribution < 1.29 is 29.3 Å². The second kappa shape index (κ2) is 4.89. The zero-order chi connectivity index (χ0) is 9.56. The molecule has 0 heterocycles. The number of hydrogen-bond acceptors (Lipinski definition) is 5. The van der Waals surface area contributed by atoms with Crippen LogP contribution < -0.4 is 0 Å². The number of aliphatic carboxylic acids is 1. The van der Waals surface area contributed by atoms with Gasteiger partial charge in [0.1, 0.15) is 6.42 Å². The van der Waals surface area contributed by atoms with E-state index in [1.54, 1.807) is 0 Å². The minimum absolute atomic E-state index is 0.772. The molecule has 6 nitrogen and oxygen atoms in total. The van der Waals surface area contributed by atoms with Gasteiger partial charge in [0.15, 0.2) is 0 Å². The molecule has 0 aromatic carbocycles. The fourth-order valence-corrected chi connectivity index (χ4v) is 0.274. The second-order valence-electron chi connectivity index (χ2n) is 1.63. The zero-order valence-corrected chi connectivity index (χ0v) is 5.98. The molecule has 0 saturated heterocycles. The average molecular weight is 174 g/mol. The SMILES string of the molecule is C=CC(=O)OOC(=O)CC(=O)O. The molecule has 6 heteroatoms. The number of carboxylic acids is 1. The minimum Gasteiger partial charge on any atom is -0.481 e. The van der Waals surface area contributed by atoms with Crippen molar-refractivity contribution in [1.82, 2.24) is 0 Å². The van der Waals surface area contributed by atoms with E-state index in [-0.39, 0.29) is 0 Å². The number of rotatable bonds is 3. The largest absolute Gasteiger partial charge is 0.481 e. The molecule has 0 aromatic rings. The standard InChI is InChI=1S/C6H6O6/c1-2-5(9)11-12-6(10)3-4(7)8/h2H,1,3H2,(H,7,8). The van der Waals surface area contributed by atoms with Crippen LogP contribution in [0, 0.1) is 0 Å². The lowest BCUT2D eigenvalue weighted by atomic mass is 10.5. The lowest BCUT2D eigenvalue weighted by Gasteiger charge is -1.97. The van der Waals surface area contributed by atoms with Gasteiger partial charge in [-0.1, -0.05) is 6.58 Å². The molecule has 66 valence electrons. The summed E-state index contributed by atoms with van der Waals surface area (Å²) in [5.74, 6) is -3.49.